The van der Waals surface area contributed by atoms with E-state index in [0.29, 0.717) is 19.0 Å². The first-order chi connectivity index (χ1) is 11.5. The third kappa shape index (κ3) is 3.08. The first kappa shape index (κ1) is 16.3. The van der Waals surface area contributed by atoms with Crippen molar-refractivity contribution < 1.29 is 9.26 Å². The van der Waals surface area contributed by atoms with Crippen LogP contribution in [0, 0.1) is 13.8 Å². The van der Waals surface area contributed by atoms with Gasteiger partial charge in [-0.05, 0) is 25.5 Å². The predicted octanol–water partition coefficient (Wildman–Crippen LogP) is 1.58. The van der Waals surface area contributed by atoms with Crippen molar-refractivity contribution in [3.05, 3.63) is 43.5 Å². The maximum absolute atomic E-state index is 12.1. The first-order valence-electron chi connectivity index (χ1n) is 7.23. The van der Waals surface area contributed by atoms with Gasteiger partial charge in [-0.1, -0.05) is 5.16 Å². The van der Waals surface area contributed by atoms with Gasteiger partial charge >= 0.3 is 5.69 Å². The van der Waals surface area contributed by atoms with Crippen molar-refractivity contribution in [1.82, 2.24) is 19.7 Å². The van der Waals surface area contributed by atoms with Crippen LogP contribution in [0.1, 0.15) is 10.4 Å². The molecule has 0 aliphatic heterocycles. The molecular weight excluding hydrogens is 332 g/mol. The maximum Gasteiger partial charge on any atom is 0.328 e. The molecule has 0 bridgehead atoms. The average molecular weight is 348 g/mol. The molecule has 0 saturated heterocycles. The Morgan fingerprint density at radius 2 is 2.17 bits per heavy atom. The largest absolute Gasteiger partial charge is 0.383 e. The van der Waals surface area contributed by atoms with Crippen molar-refractivity contribution in [2.45, 2.75) is 20.4 Å². The van der Waals surface area contributed by atoms with Crippen LogP contribution < -0.4 is 11.2 Å². The van der Waals surface area contributed by atoms with Crippen molar-refractivity contribution in [3.63, 3.8) is 0 Å². The molecule has 0 spiro atoms. The van der Waals surface area contributed by atoms with E-state index in [1.807, 2.05) is 19.9 Å². The Morgan fingerprint density at radius 3 is 2.83 bits per heavy atom. The van der Waals surface area contributed by atoms with Gasteiger partial charge in [0.05, 0.1) is 18.0 Å². The number of aromatic nitrogens is 4. The zero-order valence-electron chi connectivity index (χ0n) is 13.5. The van der Waals surface area contributed by atoms with E-state index in [4.69, 9.17) is 9.26 Å². The second kappa shape index (κ2) is 6.54. The lowest BCUT2D eigenvalue weighted by Gasteiger charge is -2.04. The predicted molar refractivity (Wildman–Crippen MR) is 89.3 cm³/mol. The first-order valence-corrected chi connectivity index (χ1v) is 8.05. The van der Waals surface area contributed by atoms with Crippen LogP contribution >= 0.6 is 11.3 Å². The fourth-order valence-electron chi connectivity index (χ4n) is 2.14. The van der Waals surface area contributed by atoms with Gasteiger partial charge in [-0.15, -0.1) is 11.3 Å². The van der Waals surface area contributed by atoms with Gasteiger partial charge in [0, 0.05) is 18.2 Å². The van der Waals surface area contributed by atoms with Crippen LogP contribution in [0.15, 0.2) is 26.4 Å². The third-order valence-corrected chi connectivity index (χ3v) is 4.73. The summed E-state index contributed by atoms with van der Waals surface area (Å²) in [5.41, 5.74) is 0.250. The van der Waals surface area contributed by atoms with Gasteiger partial charge in [0.2, 0.25) is 5.82 Å². The molecule has 0 atom stereocenters. The number of nitrogens with one attached hydrogen (secondary N) is 1. The molecule has 0 radical (unpaired) electrons. The highest BCUT2D eigenvalue weighted by Crippen LogP contribution is 2.30. The second-order valence-corrected chi connectivity index (χ2v) is 6.52. The summed E-state index contributed by atoms with van der Waals surface area (Å²) < 4.78 is 11.6. The molecule has 0 unspecified atom stereocenters. The highest BCUT2D eigenvalue weighted by atomic mass is 32.1. The van der Waals surface area contributed by atoms with E-state index >= 15 is 0 Å². The molecule has 0 fully saturated rings. The number of H-pyrrole nitrogens is 1. The van der Waals surface area contributed by atoms with E-state index < -0.39 is 11.2 Å². The van der Waals surface area contributed by atoms with Crippen LogP contribution in [0.3, 0.4) is 0 Å². The number of hydrogen-bond acceptors (Lipinski definition) is 7. The Bertz CT molecular complexity index is 963. The Balaban J connectivity index is 2.00. The van der Waals surface area contributed by atoms with Crippen molar-refractivity contribution >= 4 is 11.3 Å². The molecule has 8 nitrogen and oxygen atoms in total. The Labute approximate surface area is 140 Å². The van der Waals surface area contributed by atoms with Crippen molar-refractivity contribution in [2.75, 3.05) is 13.7 Å². The average Bonchev–Trinajstić information content (AvgIpc) is 3.14. The van der Waals surface area contributed by atoms with Gasteiger partial charge in [0.25, 0.3) is 11.4 Å². The molecule has 126 valence electrons. The third-order valence-electron chi connectivity index (χ3n) is 3.59. The smallest absolute Gasteiger partial charge is 0.328 e. The fourth-order valence-corrected chi connectivity index (χ4v) is 3.09. The summed E-state index contributed by atoms with van der Waals surface area (Å²) in [4.78, 5) is 32.4. The van der Waals surface area contributed by atoms with Gasteiger partial charge in [-0.2, -0.15) is 4.98 Å². The molecule has 0 aliphatic carbocycles. The minimum Gasteiger partial charge on any atom is -0.383 e. The standard InChI is InChI=1S/C15H16N4O4S/c1-8-6-11(24-9(8)2)14-16-12(18-23-14)10-7-19(4-5-22-3)15(21)17-13(10)20/h6-7H,4-5H2,1-3H3,(H,17,20,21). The van der Waals surface area contributed by atoms with E-state index in [9.17, 15) is 9.59 Å². The van der Waals surface area contributed by atoms with E-state index in [0.717, 1.165) is 15.3 Å². The molecular formula is C15H16N4O4S. The number of aryl methyl sites for hydroxylation is 2. The van der Waals surface area contributed by atoms with Crippen LogP contribution in [0.4, 0.5) is 0 Å². The van der Waals surface area contributed by atoms with Gasteiger partial charge in [0.1, 0.15) is 5.56 Å². The Kier molecular flexibility index (Phi) is 4.45. The molecule has 3 heterocycles. The molecule has 1 N–H and O–H groups in total. The van der Waals surface area contributed by atoms with Crippen LogP contribution in [-0.2, 0) is 11.3 Å². The molecule has 3 aromatic rings. The van der Waals surface area contributed by atoms with Crippen molar-refractivity contribution in [1.29, 1.82) is 0 Å². The molecule has 0 saturated carbocycles. The van der Waals surface area contributed by atoms with Gasteiger partial charge < -0.3 is 9.26 Å². The number of nitrogens with zero attached hydrogens (tertiary/aromatic N) is 3. The lowest BCUT2D eigenvalue weighted by Crippen LogP contribution is -2.31. The number of aromatic amines is 1. The number of ether oxygens (including phenoxy) is 1. The van der Waals surface area contributed by atoms with E-state index in [2.05, 4.69) is 15.1 Å². The number of methoxy groups -OCH3 is 1. The molecule has 9 heteroatoms. The summed E-state index contributed by atoms with van der Waals surface area (Å²) in [5, 5.41) is 3.87. The zero-order chi connectivity index (χ0) is 17.3. The lowest BCUT2D eigenvalue weighted by molar-refractivity contribution is 0.185. The van der Waals surface area contributed by atoms with E-state index in [1.165, 1.54) is 17.9 Å². The minimum absolute atomic E-state index is 0.140. The monoisotopic (exact) mass is 348 g/mol. The van der Waals surface area contributed by atoms with Crippen LogP contribution in [-0.4, -0.2) is 33.4 Å². The molecule has 0 amide bonds. The quantitative estimate of drug-likeness (QED) is 0.751. The fraction of sp³-hybridized carbons (Fsp3) is 0.333. The number of rotatable bonds is 5. The van der Waals surface area contributed by atoms with Crippen molar-refractivity contribution in [2.24, 2.45) is 0 Å². The summed E-state index contributed by atoms with van der Waals surface area (Å²) in [6.07, 6.45) is 1.42. The van der Waals surface area contributed by atoms with Gasteiger partial charge in [0.15, 0.2) is 0 Å². The zero-order valence-corrected chi connectivity index (χ0v) is 14.3. The number of hydrogen-bond donors (Lipinski definition) is 1. The van der Waals surface area contributed by atoms with Gasteiger partial charge in [-0.25, -0.2) is 4.79 Å². The van der Waals surface area contributed by atoms with Crippen LogP contribution in [0.2, 0.25) is 0 Å². The number of thiophene rings is 1. The molecule has 0 aromatic carbocycles. The normalized spacial score (nSPS) is 11.1. The summed E-state index contributed by atoms with van der Waals surface area (Å²) in [5.74, 6) is 0.487. The van der Waals surface area contributed by atoms with Crippen LogP contribution in [0.5, 0.6) is 0 Å². The summed E-state index contributed by atoms with van der Waals surface area (Å²) in [7, 11) is 1.54. The van der Waals surface area contributed by atoms with Crippen molar-refractivity contribution in [3.8, 4) is 22.2 Å². The van der Waals surface area contributed by atoms with Crippen LogP contribution in [0.25, 0.3) is 22.2 Å². The summed E-state index contributed by atoms with van der Waals surface area (Å²) >= 11 is 1.54. The Hall–Kier alpha value is -2.52. The summed E-state index contributed by atoms with van der Waals surface area (Å²) in [6, 6.07) is 1.96. The lowest BCUT2D eigenvalue weighted by atomic mass is 10.3. The van der Waals surface area contributed by atoms with Gasteiger partial charge in [-0.3, -0.25) is 14.3 Å². The minimum atomic E-state index is -0.556. The van der Waals surface area contributed by atoms with E-state index in [1.54, 1.807) is 11.3 Å². The molecule has 3 rings (SSSR count). The molecule has 24 heavy (non-hydrogen) atoms. The second-order valence-electron chi connectivity index (χ2n) is 5.26. The SMILES string of the molecule is COCCn1cc(-c2noc(-c3cc(C)c(C)s3)n2)c(=O)[nH]c1=O. The maximum atomic E-state index is 12.1. The Morgan fingerprint density at radius 1 is 1.38 bits per heavy atom. The topological polar surface area (TPSA) is 103 Å². The highest BCUT2D eigenvalue weighted by molar-refractivity contribution is 7.15. The summed E-state index contributed by atoms with van der Waals surface area (Å²) in [6.45, 7) is 4.67. The highest BCUT2D eigenvalue weighted by Gasteiger charge is 2.17. The van der Waals surface area contributed by atoms with E-state index in [-0.39, 0.29) is 11.4 Å². The molecule has 0 aliphatic rings. The molecule has 3 aromatic heterocycles.